The van der Waals surface area contributed by atoms with Crippen LogP contribution >= 0.6 is 0 Å². The minimum absolute atomic E-state index is 0.276. The Kier molecular flexibility index (Phi) is 3.89. The van der Waals surface area contributed by atoms with Crippen LogP contribution < -0.4 is 4.74 Å². The van der Waals surface area contributed by atoms with E-state index in [0.29, 0.717) is 12.4 Å². The Morgan fingerprint density at radius 1 is 1.50 bits per heavy atom. The summed E-state index contributed by atoms with van der Waals surface area (Å²) in [4.78, 5) is 0. The van der Waals surface area contributed by atoms with Crippen molar-refractivity contribution in [2.45, 2.75) is 26.4 Å². The fourth-order valence-electron chi connectivity index (χ4n) is 1.15. The molecule has 1 N–H and O–H groups in total. The summed E-state index contributed by atoms with van der Waals surface area (Å²) in [6.45, 7) is 4.13. The van der Waals surface area contributed by atoms with E-state index in [1.165, 1.54) is 19.1 Å². The topological polar surface area (TPSA) is 29.5 Å². The van der Waals surface area contributed by atoms with Crippen molar-refractivity contribution in [2.75, 3.05) is 6.61 Å². The quantitative estimate of drug-likeness (QED) is 0.806. The Labute approximate surface area is 83.3 Å². The Hall–Kier alpha value is -1.09. The molecule has 1 aromatic carbocycles. The standard InChI is InChI=1S/C11H15FO2/c1-3-6-14-9-4-5-11(12)10(7-9)8(2)13/h4-5,7-8,13H,3,6H2,1-2H3. The van der Waals surface area contributed by atoms with E-state index >= 15 is 0 Å². The average Bonchev–Trinajstić information content (AvgIpc) is 2.16. The van der Waals surface area contributed by atoms with Crippen LogP contribution in [-0.4, -0.2) is 11.7 Å². The summed E-state index contributed by atoms with van der Waals surface area (Å²) < 4.78 is 18.5. The third-order valence-electron chi connectivity index (χ3n) is 1.89. The number of halogens is 1. The number of benzene rings is 1. The molecular formula is C11H15FO2. The van der Waals surface area contributed by atoms with Crippen LogP contribution in [0.15, 0.2) is 18.2 Å². The predicted molar refractivity (Wildman–Crippen MR) is 52.8 cm³/mol. The van der Waals surface area contributed by atoms with Gasteiger partial charge in [0.25, 0.3) is 0 Å². The maximum absolute atomic E-state index is 13.1. The van der Waals surface area contributed by atoms with Gasteiger partial charge in [0, 0.05) is 5.56 Å². The van der Waals surface area contributed by atoms with Gasteiger partial charge in [-0.15, -0.1) is 0 Å². The highest BCUT2D eigenvalue weighted by Gasteiger charge is 2.08. The summed E-state index contributed by atoms with van der Waals surface area (Å²) in [5.41, 5.74) is 0.276. The highest BCUT2D eigenvalue weighted by Crippen LogP contribution is 2.22. The van der Waals surface area contributed by atoms with E-state index in [4.69, 9.17) is 4.74 Å². The number of hydrogen-bond donors (Lipinski definition) is 1. The first-order valence-corrected chi connectivity index (χ1v) is 4.75. The fraction of sp³-hybridized carbons (Fsp3) is 0.455. The maximum Gasteiger partial charge on any atom is 0.129 e. The van der Waals surface area contributed by atoms with E-state index in [2.05, 4.69) is 0 Å². The molecule has 78 valence electrons. The van der Waals surface area contributed by atoms with Crippen molar-refractivity contribution in [2.24, 2.45) is 0 Å². The van der Waals surface area contributed by atoms with Crippen LogP contribution in [0.4, 0.5) is 4.39 Å². The van der Waals surface area contributed by atoms with E-state index in [1.54, 1.807) is 6.07 Å². The number of ether oxygens (including phenoxy) is 1. The predicted octanol–water partition coefficient (Wildman–Crippen LogP) is 2.67. The molecule has 0 saturated carbocycles. The lowest BCUT2D eigenvalue weighted by atomic mass is 10.1. The molecule has 0 radical (unpaired) electrons. The molecule has 0 aromatic heterocycles. The Morgan fingerprint density at radius 2 is 2.21 bits per heavy atom. The summed E-state index contributed by atoms with van der Waals surface area (Å²) in [7, 11) is 0. The Morgan fingerprint density at radius 3 is 2.79 bits per heavy atom. The number of hydrogen-bond acceptors (Lipinski definition) is 2. The van der Waals surface area contributed by atoms with Gasteiger partial charge in [-0.05, 0) is 31.5 Å². The van der Waals surface area contributed by atoms with Gasteiger partial charge in [0.15, 0.2) is 0 Å². The molecule has 0 aliphatic heterocycles. The smallest absolute Gasteiger partial charge is 0.129 e. The lowest BCUT2D eigenvalue weighted by Crippen LogP contribution is -1.99. The SMILES string of the molecule is CCCOc1ccc(F)c(C(C)O)c1. The van der Waals surface area contributed by atoms with E-state index in [9.17, 15) is 9.50 Å². The van der Waals surface area contributed by atoms with Gasteiger partial charge in [-0.3, -0.25) is 0 Å². The Balaban J connectivity index is 2.83. The number of rotatable bonds is 4. The summed E-state index contributed by atoms with van der Waals surface area (Å²) >= 11 is 0. The fourth-order valence-corrected chi connectivity index (χ4v) is 1.15. The second kappa shape index (κ2) is 4.96. The van der Waals surface area contributed by atoms with Crippen molar-refractivity contribution < 1.29 is 14.2 Å². The largest absolute Gasteiger partial charge is 0.494 e. The van der Waals surface area contributed by atoms with Crippen molar-refractivity contribution in [3.63, 3.8) is 0 Å². The van der Waals surface area contributed by atoms with Crippen LogP contribution in [-0.2, 0) is 0 Å². The first kappa shape index (κ1) is 11.0. The second-order valence-electron chi connectivity index (χ2n) is 3.21. The normalized spacial score (nSPS) is 12.6. The zero-order chi connectivity index (χ0) is 10.6. The van der Waals surface area contributed by atoms with Crippen LogP contribution in [0.1, 0.15) is 31.9 Å². The molecule has 2 nitrogen and oxygen atoms in total. The first-order chi connectivity index (χ1) is 6.65. The van der Waals surface area contributed by atoms with Crippen molar-refractivity contribution in [3.8, 4) is 5.75 Å². The third-order valence-corrected chi connectivity index (χ3v) is 1.89. The monoisotopic (exact) mass is 198 g/mol. The van der Waals surface area contributed by atoms with E-state index < -0.39 is 11.9 Å². The van der Waals surface area contributed by atoms with Gasteiger partial charge < -0.3 is 9.84 Å². The molecule has 0 bridgehead atoms. The summed E-state index contributed by atoms with van der Waals surface area (Å²) in [6.07, 6.45) is 0.0988. The lowest BCUT2D eigenvalue weighted by molar-refractivity contribution is 0.193. The highest BCUT2D eigenvalue weighted by molar-refractivity contribution is 5.30. The zero-order valence-corrected chi connectivity index (χ0v) is 8.46. The number of aliphatic hydroxyl groups excluding tert-OH is 1. The Bertz CT molecular complexity index is 297. The van der Waals surface area contributed by atoms with E-state index in [0.717, 1.165) is 6.42 Å². The van der Waals surface area contributed by atoms with Gasteiger partial charge in [0.2, 0.25) is 0 Å². The molecule has 0 aliphatic rings. The summed E-state index contributed by atoms with van der Waals surface area (Å²) in [5, 5.41) is 9.26. The van der Waals surface area contributed by atoms with Crippen molar-refractivity contribution in [3.05, 3.63) is 29.6 Å². The van der Waals surface area contributed by atoms with E-state index in [-0.39, 0.29) is 5.56 Å². The molecule has 1 unspecified atom stereocenters. The molecule has 1 atom stereocenters. The van der Waals surface area contributed by atoms with Crippen LogP contribution in [0.3, 0.4) is 0 Å². The van der Waals surface area contributed by atoms with E-state index in [1.807, 2.05) is 6.92 Å². The first-order valence-electron chi connectivity index (χ1n) is 4.75. The maximum atomic E-state index is 13.1. The minimum atomic E-state index is -0.805. The van der Waals surface area contributed by atoms with Crippen molar-refractivity contribution >= 4 is 0 Å². The summed E-state index contributed by atoms with van der Waals surface area (Å²) in [5.74, 6) is 0.202. The van der Waals surface area contributed by atoms with Crippen molar-refractivity contribution in [1.29, 1.82) is 0 Å². The van der Waals surface area contributed by atoms with Crippen LogP contribution in [0.5, 0.6) is 5.75 Å². The molecule has 0 spiro atoms. The van der Waals surface area contributed by atoms with Gasteiger partial charge in [0.1, 0.15) is 11.6 Å². The van der Waals surface area contributed by atoms with Crippen LogP contribution in [0, 0.1) is 5.82 Å². The minimum Gasteiger partial charge on any atom is -0.494 e. The molecule has 1 aromatic rings. The molecule has 1 rings (SSSR count). The molecule has 14 heavy (non-hydrogen) atoms. The lowest BCUT2D eigenvalue weighted by Gasteiger charge is -2.09. The third kappa shape index (κ3) is 2.70. The van der Waals surface area contributed by atoms with Crippen molar-refractivity contribution in [1.82, 2.24) is 0 Å². The van der Waals surface area contributed by atoms with Gasteiger partial charge >= 0.3 is 0 Å². The molecule has 0 aliphatic carbocycles. The highest BCUT2D eigenvalue weighted by atomic mass is 19.1. The second-order valence-corrected chi connectivity index (χ2v) is 3.21. The molecular weight excluding hydrogens is 183 g/mol. The van der Waals surface area contributed by atoms with Gasteiger partial charge in [-0.2, -0.15) is 0 Å². The molecule has 0 amide bonds. The average molecular weight is 198 g/mol. The molecule has 0 fully saturated rings. The van der Waals surface area contributed by atoms with Crippen LogP contribution in [0.25, 0.3) is 0 Å². The van der Waals surface area contributed by atoms with Crippen LogP contribution in [0.2, 0.25) is 0 Å². The van der Waals surface area contributed by atoms with Gasteiger partial charge in [0.05, 0.1) is 12.7 Å². The molecule has 0 saturated heterocycles. The molecule has 0 heterocycles. The molecule has 3 heteroatoms. The number of aliphatic hydroxyl groups is 1. The zero-order valence-electron chi connectivity index (χ0n) is 8.46. The van der Waals surface area contributed by atoms with Gasteiger partial charge in [-0.25, -0.2) is 4.39 Å². The summed E-state index contributed by atoms with van der Waals surface area (Å²) in [6, 6.07) is 4.42. The van der Waals surface area contributed by atoms with Gasteiger partial charge in [-0.1, -0.05) is 6.92 Å².